The van der Waals surface area contributed by atoms with Gasteiger partial charge in [0, 0.05) is 99.2 Å². The first kappa shape index (κ1) is 41.1. The van der Waals surface area contributed by atoms with E-state index in [1.54, 1.807) is 13.0 Å². The molecule has 12 heteroatoms. The van der Waals surface area contributed by atoms with Gasteiger partial charge in [-0.1, -0.05) is 31.0 Å². The van der Waals surface area contributed by atoms with Crippen molar-refractivity contribution in [1.82, 2.24) is 19.4 Å². The average Bonchev–Trinajstić information content (AvgIpc) is 3.31. The van der Waals surface area contributed by atoms with Gasteiger partial charge in [0.1, 0.15) is 11.5 Å². The van der Waals surface area contributed by atoms with Crippen LogP contribution in [0, 0.1) is 17.8 Å². The SMILES string of the molecule is C=S1(=O)NC(=O)c2ccc3c(c2)N(C[C@@H]2CC[C@H]2C(O)(CN2CCN4CCN(CCC(C)=O)C[C@H]4C2)CCC[C@H](C)[C@H]1C)C[C@@]1(CCCc2cc(Cl)ccc21)CO3. The van der Waals surface area contributed by atoms with E-state index in [-0.39, 0.29) is 40.1 Å². The molecule has 6 aliphatic rings. The van der Waals surface area contributed by atoms with Crippen LogP contribution in [0.3, 0.4) is 0 Å². The molecule has 10 nitrogen and oxygen atoms in total. The van der Waals surface area contributed by atoms with E-state index in [0.29, 0.717) is 37.6 Å². The number of nitrogens with zero attached hydrogens (tertiary/aromatic N) is 4. The molecule has 2 aliphatic carbocycles. The highest BCUT2D eigenvalue weighted by Gasteiger charge is 2.50. The van der Waals surface area contributed by atoms with Crippen LogP contribution >= 0.6 is 11.6 Å². The molecular weight excluding hydrogens is 758 g/mol. The van der Waals surface area contributed by atoms with Gasteiger partial charge in [0.15, 0.2) is 0 Å². The molecule has 8 atom stereocenters. The van der Waals surface area contributed by atoms with Gasteiger partial charge in [0.2, 0.25) is 0 Å². The molecule has 2 saturated heterocycles. The topological polar surface area (TPSA) is 106 Å². The van der Waals surface area contributed by atoms with Crippen molar-refractivity contribution in [2.75, 3.05) is 77.0 Å². The van der Waals surface area contributed by atoms with Crippen molar-refractivity contribution in [2.24, 2.45) is 17.8 Å². The smallest absolute Gasteiger partial charge is 0.262 e. The van der Waals surface area contributed by atoms with E-state index < -0.39 is 15.3 Å². The predicted molar refractivity (Wildman–Crippen MR) is 230 cm³/mol. The molecule has 1 amide bonds. The fraction of sp³-hybridized carbons (Fsp3) is 0.667. The zero-order valence-electron chi connectivity index (χ0n) is 34.4. The van der Waals surface area contributed by atoms with Crippen LogP contribution in [-0.2, 0) is 26.3 Å². The lowest BCUT2D eigenvalue weighted by molar-refractivity contribution is -0.119. The standard InChI is InChI=1S/C45H64ClN5O5S/c1-31-7-5-17-45(54,29-49-20-22-50-21-19-48(18-15-32(2)52)26-38(50)27-49)40-12-9-36(40)25-51-28-44(16-6-8-34-23-37(46)11-13-39(34)44)30-56-42-14-10-35(24-41(42)51)43(53)47-57(4,55)33(31)3/h10-11,13-14,23-24,31,33,36,38,40,54H,4-9,12,15-22,25-30H2,1-3H3,(H,47,53,55)/t31-,33+,36-,38-,40+,44-,45?,57?/m0/s1. The fourth-order valence-electron chi connectivity index (χ4n) is 11.2. The number of β-amino-alcohol motifs (C(OH)–C–C–N with tert-alkyl or cyclic N) is 1. The summed E-state index contributed by atoms with van der Waals surface area (Å²) in [6, 6.07) is 12.3. The third kappa shape index (κ3) is 8.53. The molecule has 2 aromatic carbocycles. The first-order valence-electron chi connectivity index (χ1n) is 21.6. The molecule has 0 radical (unpaired) electrons. The Morgan fingerprint density at radius 2 is 1.81 bits per heavy atom. The number of ketones is 1. The molecule has 2 unspecified atom stereocenters. The van der Waals surface area contributed by atoms with Crippen LogP contribution in [-0.4, -0.2) is 131 Å². The van der Waals surface area contributed by atoms with E-state index in [2.05, 4.69) is 49.2 Å². The fourth-order valence-corrected chi connectivity index (χ4v) is 12.9. The molecule has 57 heavy (non-hydrogen) atoms. The Bertz CT molecular complexity index is 1950. The molecule has 2 aromatic rings. The number of nitrogens with one attached hydrogen (secondary N) is 1. The number of aryl methyl sites for hydroxylation is 1. The Morgan fingerprint density at radius 1 is 1.02 bits per heavy atom. The lowest BCUT2D eigenvalue weighted by Crippen LogP contribution is -2.64. The monoisotopic (exact) mass is 821 g/mol. The van der Waals surface area contributed by atoms with E-state index in [4.69, 9.17) is 16.3 Å². The third-order valence-electron chi connectivity index (χ3n) is 14.9. The minimum Gasteiger partial charge on any atom is -0.490 e. The van der Waals surface area contributed by atoms with Gasteiger partial charge in [-0.05, 0) is 124 Å². The van der Waals surface area contributed by atoms with Crippen LogP contribution < -0.4 is 14.4 Å². The summed E-state index contributed by atoms with van der Waals surface area (Å²) in [6.07, 6.45) is 7.90. The number of benzene rings is 2. The molecule has 4 aliphatic heterocycles. The number of anilines is 1. The summed E-state index contributed by atoms with van der Waals surface area (Å²) in [5.41, 5.74) is 2.75. The maximum atomic E-state index is 14.1. The summed E-state index contributed by atoms with van der Waals surface area (Å²) < 4.78 is 23.7. The number of fused-ring (bicyclic) bond motifs is 5. The number of Topliss-reactive ketones (excluding diaryl/α,β-unsaturated/α-hetero) is 1. The molecule has 0 aromatic heterocycles. The van der Waals surface area contributed by atoms with Crippen molar-refractivity contribution in [2.45, 2.75) is 101 Å². The van der Waals surface area contributed by atoms with Gasteiger partial charge < -0.3 is 19.6 Å². The maximum absolute atomic E-state index is 14.1. The molecule has 312 valence electrons. The second-order valence-corrected chi connectivity index (χ2v) is 21.6. The molecule has 1 saturated carbocycles. The summed E-state index contributed by atoms with van der Waals surface area (Å²) in [7, 11) is -2.97. The molecule has 2 bridgehead atoms. The lowest BCUT2D eigenvalue weighted by Gasteiger charge is -2.53. The first-order chi connectivity index (χ1) is 27.2. The number of ether oxygens (including phenoxy) is 1. The van der Waals surface area contributed by atoms with Gasteiger partial charge in [0.05, 0.1) is 27.6 Å². The van der Waals surface area contributed by atoms with Crippen LogP contribution in [0.25, 0.3) is 0 Å². The number of rotatable bonds is 5. The summed E-state index contributed by atoms with van der Waals surface area (Å²) >= 11 is 6.53. The second-order valence-electron chi connectivity index (χ2n) is 18.7. The van der Waals surface area contributed by atoms with Crippen molar-refractivity contribution in [3.05, 3.63) is 58.1 Å². The summed E-state index contributed by atoms with van der Waals surface area (Å²) in [6.45, 7) is 15.0. The molecule has 2 N–H and O–H groups in total. The minimum atomic E-state index is -2.97. The number of carbonyl (C=O) groups is 2. The van der Waals surface area contributed by atoms with E-state index in [1.807, 2.05) is 25.1 Å². The number of halogens is 1. The Morgan fingerprint density at radius 3 is 2.58 bits per heavy atom. The highest BCUT2D eigenvalue weighted by Crippen LogP contribution is 2.49. The largest absolute Gasteiger partial charge is 0.490 e. The van der Waals surface area contributed by atoms with Crippen LogP contribution in [0.5, 0.6) is 5.75 Å². The van der Waals surface area contributed by atoms with Crippen LogP contribution in [0.15, 0.2) is 36.4 Å². The number of aliphatic hydroxyl groups is 1. The maximum Gasteiger partial charge on any atom is 0.262 e. The van der Waals surface area contributed by atoms with E-state index in [9.17, 15) is 18.9 Å². The summed E-state index contributed by atoms with van der Waals surface area (Å²) in [5.74, 6) is 5.12. The van der Waals surface area contributed by atoms with Crippen LogP contribution in [0.2, 0.25) is 5.02 Å². The molecular formula is C45H64ClN5O5S. The number of hydrogen-bond acceptors (Lipinski definition) is 9. The van der Waals surface area contributed by atoms with Gasteiger partial charge in [-0.25, -0.2) is 4.21 Å². The zero-order chi connectivity index (χ0) is 40.1. The molecule has 1 spiro atoms. The Kier molecular flexibility index (Phi) is 11.8. The second kappa shape index (κ2) is 16.4. The Balaban J connectivity index is 1.11. The van der Waals surface area contributed by atoms with Gasteiger partial charge in [-0.3, -0.25) is 24.1 Å². The molecule has 4 heterocycles. The normalized spacial score (nSPS) is 35.5. The number of piperazine rings is 2. The molecule has 8 rings (SSSR count). The summed E-state index contributed by atoms with van der Waals surface area (Å²) in [5, 5.41) is 13.6. The first-order valence-corrected chi connectivity index (χ1v) is 23.8. The van der Waals surface area contributed by atoms with E-state index in [1.165, 1.54) is 11.1 Å². The van der Waals surface area contributed by atoms with Gasteiger partial charge in [-0.15, -0.1) is 0 Å². The minimum absolute atomic E-state index is 0.0387. The van der Waals surface area contributed by atoms with Crippen LogP contribution in [0.1, 0.15) is 93.6 Å². The van der Waals surface area contributed by atoms with Crippen molar-refractivity contribution in [3.8, 4) is 5.75 Å². The predicted octanol–water partition coefficient (Wildman–Crippen LogP) is 5.42. The van der Waals surface area contributed by atoms with Crippen molar-refractivity contribution in [1.29, 1.82) is 0 Å². The van der Waals surface area contributed by atoms with Crippen LogP contribution in [0.4, 0.5) is 5.69 Å². The van der Waals surface area contributed by atoms with E-state index >= 15 is 0 Å². The summed E-state index contributed by atoms with van der Waals surface area (Å²) in [4.78, 5) is 35.6. The number of hydrogen-bond donors (Lipinski definition) is 2. The zero-order valence-corrected chi connectivity index (χ0v) is 35.9. The Labute approximate surface area is 345 Å². The van der Waals surface area contributed by atoms with Gasteiger partial charge in [-0.2, -0.15) is 0 Å². The Hall–Kier alpha value is -2.67. The quantitative estimate of drug-likeness (QED) is 0.383. The average molecular weight is 823 g/mol. The molecule has 3 fully saturated rings. The lowest BCUT2D eigenvalue weighted by atomic mass is 9.62. The van der Waals surface area contributed by atoms with Crippen molar-refractivity contribution >= 4 is 44.6 Å². The highest BCUT2D eigenvalue weighted by atomic mass is 35.5. The van der Waals surface area contributed by atoms with Gasteiger partial charge >= 0.3 is 0 Å². The van der Waals surface area contributed by atoms with E-state index in [0.717, 1.165) is 120 Å². The van der Waals surface area contributed by atoms with Crippen molar-refractivity contribution < 1.29 is 23.6 Å². The highest BCUT2D eigenvalue weighted by molar-refractivity contribution is 7.99. The van der Waals surface area contributed by atoms with Gasteiger partial charge in [0.25, 0.3) is 5.91 Å². The third-order valence-corrected chi connectivity index (χ3v) is 17.4. The number of amides is 1. The van der Waals surface area contributed by atoms with Crippen molar-refractivity contribution in [3.63, 3.8) is 0 Å². The number of carbonyl (C=O) groups excluding carboxylic acids is 2.